The molecule has 0 spiro atoms. The Bertz CT molecular complexity index is 412. The van der Waals surface area contributed by atoms with Gasteiger partial charge in [-0.1, -0.05) is 29.4 Å². The monoisotopic (exact) mass is 236 g/mol. The van der Waals surface area contributed by atoms with E-state index in [1.54, 1.807) is 0 Å². The van der Waals surface area contributed by atoms with Gasteiger partial charge in [0.15, 0.2) is 0 Å². The minimum atomic E-state index is -0.994. The molecular weight excluding hydrogens is 220 g/mol. The predicted octanol–water partition coefficient (Wildman–Crippen LogP) is 1.01. The Hall–Kier alpha value is -1.88. The molecule has 0 fully saturated rings. The van der Waals surface area contributed by atoms with Gasteiger partial charge in [0, 0.05) is 0 Å². The van der Waals surface area contributed by atoms with Gasteiger partial charge in [-0.2, -0.15) is 0 Å². The zero-order chi connectivity index (χ0) is 12.8. The lowest BCUT2D eigenvalue weighted by Gasteiger charge is -2.07. The van der Waals surface area contributed by atoms with Gasteiger partial charge in [0.2, 0.25) is 0 Å². The van der Waals surface area contributed by atoms with Crippen LogP contribution in [0.2, 0.25) is 0 Å². The first-order chi connectivity index (χ1) is 8.04. The van der Waals surface area contributed by atoms with Crippen LogP contribution in [0.1, 0.15) is 18.1 Å². The van der Waals surface area contributed by atoms with Crippen molar-refractivity contribution >= 4 is 11.7 Å². The van der Waals surface area contributed by atoms with Crippen molar-refractivity contribution in [1.29, 1.82) is 0 Å². The van der Waals surface area contributed by atoms with Gasteiger partial charge in [-0.15, -0.1) is 0 Å². The summed E-state index contributed by atoms with van der Waals surface area (Å²) < 4.78 is 0. The molecule has 1 atom stereocenters. The van der Waals surface area contributed by atoms with Gasteiger partial charge in [-0.3, -0.25) is 4.79 Å². The number of oxime groups is 1. The number of hydrogen-bond acceptors (Lipinski definition) is 4. The first-order valence-electron chi connectivity index (χ1n) is 5.20. The maximum Gasteiger partial charge on any atom is 0.320 e. The summed E-state index contributed by atoms with van der Waals surface area (Å²) in [7, 11) is 1.49. The fraction of sp³-hybridized carbons (Fsp3) is 0.333. The Kier molecular flexibility index (Phi) is 4.66. The summed E-state index contributed by atoms with van der Waals surface area (Å²) in [6, 6.07) is 6.54. The van der Waals surface area contributed by atoms with E-state index in [-0.39, 0.29) is 0 Å². The first kappa shape index (κ1) is 13.2. The molecule has 0 aliphatic rings. The van der Waals surface area contributed by atoms with Crippen molar-refractivity contribution < 1.29 is 14.7 Å². The van der Waals surface area contributed by atoms with E-state index < -0.39 is 12.0 Å². The lowest BCUT2D eigenvalue weighted by Crippen LogP contribution is -2.32. The van der Waals surface area contributed by atoms with Crippen LogP contribution in [0.5, 0.6) is 0 Å². The largest absolute Gasteiger partial charge is 0.480 e. The van der Waals surface area contributed by atoms with Crippen molar-refractivity contribution in [3.8, 4) is 0 Å². The van der Waals surface area contributed by atoms with Crippen LogP contribution in [0, 0.1) is 0 Å². The summed E-state index contributed by atoms with van der Waals surface area (Å²) in [5.41, 5.74) is 8.03. The maximum absolute atomic E-state index is 10.6. The highest BCUT2D eigenvalue weighted by Gasteiger charge is 2.11. The van der Waals surface area contributed by atoms with E-state index in [0.29, 0.717) is 6.42 Å². The van der Waals surface area contributed by atoms with Gasteiger partial charge in [0.05, 0.1) is 5.71 Å². The second-order valence-electron chi connectivity index (χ2n) is 3.71. The van der Waals surface area contributed by atoms with Crippen LogP contribution in [0.3, 0.4) is 0 Å². The molecule has 5 nitrogen and oxygen atoms in total. The van der Waals surface area contributed by atoms with E-state index in [9.17, 15) is 4.79 Å². The van der Waals surface area contributed by atoms with Crippen LogP contribution in [-0.4, -0.2) is 29.9 Å². The molecule has 1 aromatic carbocycles. The molecule has 0 heterocycles. The first-order valence-corrected chi connectivity index (χ1v) is 5.20. The SMILES string of the molecule is CO/N=C(/C)c1ccc(CC(N)C(=O)O)cc1. The fourth-order valence-corrected chi connectivity index (χ4v) is 1.41. The van der Waals surface area contributed by atoms with Gasteiger partial charge in [0.1, 0.15) is 13.2 Å². The minimum absolute atomic E-state index is 0.316. The molecule has 0 amide bonds. The quantitative estimate of drug-likeness (QED) is 0.590. The summed E-state index contributed by atoms with van der Waals surface area (Å²) in [6.45, 7) is 1.83. The summed E-state index contributed by atoms with van der Waals surface area (Å²) in [4.78, 5) is 15.3. The number of benzene rings is 1. The van der Waals surface area contributed by atoms with Crippen LogP contribution in [0.15, 0.2) is 29.4 Å². The molecule has 0 aromatic heterocycles. The maximum atomic E-state index is 10.6. The van der Waals surface area contributed by atoms with Crippen LogP contribution < -0.4 is 5.73 Å². The third-order valence-electron chi connectivity index (χ3n) is 2.37. The molecular formula is C12H16N2O3. The van der Waals surface area contributed by atoms with Crippen molar-refractivity contribution in [1.82, 2.24) is 0 Å². The Labute approximate surface area is 99.9 Å². The van der Waals surface area contributed by atoms with Gasteiger partial charge in [0.25, 0.3) is 0 Å². The second-order valence-corrected chi connectivity index (χ2v) is 3.71. The molecule has 0 saturated carbocycles. The standard InChI is InChI=1S/C12H16N2O3/c1-8(14-17-2)10-5-3-9(4-6-10)7-11(13)12(15)16/h3-6,11H,7,13H2,1-2H3,(H,15,16)/b14-8-. The molecule has 5 heteroatoms. The lowest BCUT2D eigenvalue weighted by molar-refractivity contribution is -0.138. The normalized spacial score (nSPS) is 13.2. The number of nitrogens with zero attached hydrogens (tertiary/aromatic N) is 1. The van der Waals surface area contributed by atoms with E-state index in [4.69, 9.17) is 10.8 Å². The molecule has 92 valence electrons. The smallest absolute Gasteiger partial charge is 0.320 e. The highest BCUT2D eigenvalue weighted by Crippen LogP contribution is 2.08. The van der Waals surface area contributed by atoms with Crippen molar-refractivity contribution in [3.05, 3.63) is 35.4 Å². The highest BCUT2D eigenvalue weighted by atomic mass is 16.6. The molecule has 1 aromatic rings. The minimum Gasteiger partial charge on any atom is -0.480 e. The molecule has 17 heavy (non-hydrogen) atoms. The molecule has 1 unspecified atom stereocenters. The van der Waals surface area contributed by atoms with Gasteiger partial charge in [-0.25, -0.2) is 0 Å². The van der Waals surface area contributed by atoms with E-state index in [1.165, 1.54) is 7.11 Å². The molecule has 1 rings (SSSR count). The zero-order valence-corrected chi connectivity index (χ0v) is 9.88. The lowest BCUT2D eigenvalue weighted by atomic mass is 10.0. The molecule has 0 saturated heterocycles. The van der Waals surface area contributed by atoms with Gasteiger partial charge in [-0.05, 0) is 24.5 Å². The van der Waals surface area contributed by atoms with Crippen molar-refractivity contribution in [2.75, 3.05) is 7.11 Å². The summed E-state index contributed by atoms with van der Waals surface area (Å²) in [6.07, 6.45) is 0.316. The molecule has 0 aliphatic heterocycles. The number of carboxylic acid groups (broad SMARTS) is 1. The van der Waals surface area contributed by atoms with Crippen LogP contribution in [0.25, 0.3) is 0 Å². The van der Waals surface area contributed by atoms with Crippen LogP contribution >= 0.6 is 0 Å². The number of carboxylic acids is 1. The van der Waals surface area contributed by atoms with E-state index in [0.717, 1.165) is 16.8 Å². The second kappa shape index (κ2) is 6.00. The van der Waals surface area contributed by atoms with Crippen molar-refractivity contribution in [2.45, 2.75) is 19.4 Å². The summed E-state index contributed by atoms with van der Waals surface area (Å²) in [5.74, 6) is -0.994. The number of carbonyl (C=O) groups is 1. The topological polar surface area (TPSA) is 84.9 Å². The third kappa shape index (κ3) is 3.88. The average molecular weight is 236 g/mol. The number of hydrogen-bond donors (Lipinski definition) is 2. The molecule has 0 aliphatic carbocycles. The third-order valence-corrected chi connectivity index (χ3v) is 2.37. The van der Waals surface area contributed by atoms with Crippen molar-refractivity contribution in [2.24, 2.45) is 10.9 Å². The Balaban J connectivity index is 2.75. The van der Waals surface area contributed by atoms with Crippen molar-refractivity contribution in [3.63, 3.8) is 0 Å². The van der Waals surface area contributed by atoms with E-state index >= 15 is 0 Å². The summed E-state index contributed by atoms with van der Waals surface area (Å²) >= 11 is 0. The van der Waals surface area contributed by atoms with Gasteiger partial charge >= 0.3 is 5.97 Å². The van der Waals surface area contributed by atoms with Crippen LogP contribution in [-0.2, 0) is 16.1 Å². The Morgan fingerprint density at radius 2 is 2.06 bits per heavy atom. The highest BCUT2D eigenvalue weighted by molar-refractivity contribution is 5.98. The van der Waals surface area contributed by atoms with E-state index in [1.807, 2.05) is 31.2 Å². The summed E-state index contributed by atoms with van der Waals surface area (Å²) in [5, 5.41) is 12.5. The number of nitrogens with two attached hydrogens (primary N) is 1. The Morgan fingerprint density at radius 1 is 1.47 bits per heavy atom. The van der Waals surface area contributed by atoms with Gasteiger partial charge < -0.3 is 15.7 Å². The molecule has 0 bridgehead atoms. The number of rotatable bonds is 5. The molecule has 0 radical (unpaired) electrons. The van der Waals surface area contributed by atoms with E-state index in [2.05, 4.69) is 9.99 Å². The molecule has 3 N–H and O–H groups in total. The Morgan fingerprint density at radius 3 is 2.53 bits per heavy atom. The zero-order valence-electron chi connectivity index (χ0n) is 9.88. The predicted molar refractivity (Wildman–Crippen MR) is 65.0 cm³/mol. The number of aliphatic carboxylic acids is 1. The fourth-order valence-electron chi connectivity index (χ4n) is 1.41. The average Bonchev–Trinajstić information content (AvgIpc) is 2.30. The van der Waals surface area contributed by atoms with Crippen LogP contribution in [0.4, 0.5) is 0 Å².